The van der Waals surface area contributed by atoms with E-state index in [1.54, 1.807) is 24.5 Å². The lowest BCUT2D eigenvalue weighted by molar-refractivity contribution is -0.131. The molecule has 0 aliphatic heterocycles. The second-order valence-corrected chi connectivity index (χ2v) is 3.87. The van der Waals surface area contributed by atoms with E-state index in [1.807, 2.05) is 36.4 Å². The number of aliphatic carboxylic acids is 1. The molecule has 0 radical (unpaired) electrons. The molecular formula is C16H13NO2. The van der Waals surface area contributed by atoms with Gasteiger partial charge in [-0.15, -0.1) is 0 Å². The molecule has 0 unspecified atom stereocenters. The molecule has 1 aromatic carbocycles. The molecule has 0 aliphatic rings. The van der Waals surface area contributed by atoms with Crippen molar-refractivity contribution in [2.45, 2.75) is 0 Å². The monoisotopic (exact) mass is 252 g/mol. The fourth-order valence-electron chi connectivity index (χ4n) is 1.52. The molecule has 0 saturated heterocycles. The fraction of sp³-hybridized carbons (Fsp3) is 0. The molecule has 1 heterocycles. The summed E-state index contributed by atoms with van der Waals surface area (Å²) in [5.41, 5.74) is 2.75. The maximum atomic E-state index is 10.6. The molecule has 2 rings (SSSR count). The van der Waals surface area contributed by atoms with E-state index in [2.05, 4.69) is 4.98 Å². The van der Waals surface area contributed by atoms with Gasteiger partial charge in [-0.05, 0) is 34.9 Å². The second kappa shape index (κ2) is 6.31. The van der Waals surface area contributed by atoms with Gasteiger partial charge in [0.1, 0.15) is 0 Å². The van der Waals surface area contributed by atoms with E-state index in [0.717, 1.165) is 11.1 Å². The van der Waals surface area contributed by atoms with Gasteiger partial charge in [-0.1, -0.05) is 36.4 Å². The first-order chi connectivity index (χ1) is 9.65. The molecule has 94 valence electrons. The van der Waals surface area contributed by atoms with Crippen LogP contribution in [-0.4, -0.2) is 16.1 Å². The maximum absolute atomic E-state index is 10.6. The Kier molecular flexibility index (Phi) is 3.79. The smallest absolute Gasteiger partial charge is 0.328 e. The third-order valence-electron chi connectivity index (χ3n) is 2.47. The fourth-order valence-corrected chi connectivity index (χ4v) is 1.52. The summed E-state index contributed by atoms with van der Waals surface area (Å²) in [6, 6.07) is 10.7. The van der Waals surface area contributed by atoms with Crippen LogP contribution in [0, 0.1) is 0 Å². The van der Waals surface area contributed by atoms with Crippen molar-refractivity contribution in [1.82, 2.24) is 4.98 Å². The van der Waals surface area contributed by atoms with Crippen LogP contribution in [0.15, 0.2) is 54.8 Å². The van der Waals surface area contributed by atoms with Gasteiger partial charge >= 0.3 is 5.97 Å². The minimum absolute atomic E-state index is 0.426. The van der Waals surface area contributed by atoms with Crippen molar-refractivity contribution < 1.29 is 11.3 Å². The lowest BCUT2D eigenvalue weighted by Crippen LogP contribution is -1.85. The molecule has 0 fully saturated rings. The lowest BCUT2D eigenvalue weighted by atomic mass is 10.1. The summed E-state index contributed by atoms with van der Waals surface area (Å²) in [7, 11) is 0. The van der Waals surface area contributed by atoms with E-state index >= 15 is 0 Å². The summed E-state index contributed by atoms with van der Waals surface area (Å²) in [5, 5.41) is 8.64. The Balaban J connectivity index is 2.11. The van der Waals surface area contributed by atoms with Crippen LogP contribution in [0.1, 0.15) is 18.1 Å². The first kappa shape index (κ1) is 11.4. The Morgan fingerprint density at radius 3 is 1.95 bits per heavy atom. The summed E-state index contributed by atoms with van der Waals surface area (Å²) in [6.07, 6.45) is 8.71. The van der Waals surface area contributed by atoms with E-state index < -0.39 is 12.0 Å². The molecule has 1 N–H and O–H groups in total. The van der Waals surface area contributed by atoms with Crippen LogP contribution in [0.2, 0.25) is 0 Å². The third kappa shape index (κ3) is 4.24. The number of nitrogens with zero attached hydrogens (tertiary/aromatic N) is 1. The number of benzene rings is 1. The molecule has 0 atom stereocenters. The minimum atomic E-state index is -1.23. The average molecular weight is 252 g/mol. The number of hydrogen-bond acceptors (Lipinski definition) is 2. The highest BCUT2D eigenvalue weighted by molar-refractivity contribution is 5.85. The highest BCUT2D eigenvalue weighted by Crippen LogP contribution is 2.10. The van der Waals surface area contributed by atoms with Crippen LogP contribution in [-0.2, 0) is 4.79 Å². The predicted molar refractivity (Wildman–Crippen MR) is 76.3 cm³/mol. The minimum Gasteiger partial charge on any atom is -0.478 e. The van der Waals surface area contributed by atoms with Gasteiger partial charge in [-0.25, -0.2) is 4.79 Å². The Morgan fingerprint density at radius 2 is 1.42 bits per heavy atom. The van der Waals surface area contributed by atoms with Gasteiger partial charge in [0.05, 0.1) is 1.37 Å². The van der Waals surface area contributed by atoms with Gasteiger partial charge < -0.3 is 5.11 Å². The van der Waals surface area contributed by atoms with Gasteiger partial charge in [0.2, 0.25) is 0 Å². The first-order valence-electron chi connectivity index (χ1n) is 6.25. The largest absolute Gasteiger partial charge is 0.478 e. The maximum Gasteiger partial charge on any atom is 0.328 e. The molecule has 0 bridgehead atoms. The number of carboxylic acids is 1. The van der Waals surface area contributed by atoms with E-state index in [4.69, 9.17) is 6.48 Å². The van der Waals surface area contributed by atoms with Crippen molar-refractivity contribution in [3.05, 3.63) is 71.5 Å². The van der Waals surface area contributed by atoms with Crippen LogP contribution in [0.4, 0.5) is 0 Å². The van der Waals surface area contributed by atoms with E-state index in [-0.39, 0.29) is 0 Å². The quantitative estimate of drug-likeness (QED) is 0.849. The number of pyridine rings is 1. The topological polar surface area (TPSA) is 50.2 Å². The summed E-state index contributed by atoms with van der Waals surface area (Å²) in [5.74, 6) is -1.23. The zero-order valence-electron chi connectivity index (χ0n) is 11.2. The molecule has 1 aromatic heterocycles. The number of carbonyl (C=O) groups is 1. The Bertz CT molecular complexity index is 646. The SMILES string of the molecule is [2H]C(=Cc1ccc(C=Cc2ccncc2)cc1)C(=O)O. The van der Waals surface area contributed by atoms with Crippen molar-refractivity contribution in [2.24, 2.45) is 0 Å². The summed E-state index contributed by atoms with van der Waals surface area (Å²) < 4.78 is 7.25. The zero-order valence-corrected chi connectivity index (χ0v) is 10.2. The molecule has 0 saturated carbocycles. The average Bonchev–Trinajstić information content (AvgIpc) is 2.47. The molecule has 0 spiro atoms. The molecule has 3 heteroatoms. The molecule has 19 heavy (non-hydrogen) atoms. The molecular weight excluding hydrogens is 238 g/mol. The van der Waals surface area contributed by atoms with Crippen LogP contribution >= 0.6 is 0 Å². The van der Waals surface area contributed by atoms with Crippen LogP contribution in [0.3, 0.4) is 0 Å². The summed E-state index contributed by atoms with van der Waals surface area (Å²) in [4.78, 5) is 14.5. The number of carboxylic acid groups (broad SMARTS) is 1. The Labute approximate surface area is 113 Å². The number of rotatable bonds is 4. The van der Waals surface area contributed by atoms with Crippen molar-refractivity contribution in [1.29, 1.82) is 0 Å². The number of hydrogen-bond donors (Lipinski definition) is 1. The third-order valence-corrected chi connectivity index (χ3v) is 2.47. The van der Waals surface area contributed by atoms with E-state index in [0.29, 0.717) is 5.56 Å². The molecule has 2 aromatic rings. The van der Waals surface area contributed by atoms with Crippen LogP contribution < -0.4 is 0 Å². The van der Waals surface area contributed by atoms with E-state index in [9.17, 15) is 4.79 Å². The highest BCUT2D eigenvalue weighted by Gasteiger charge is 1.91. The molecule has 0 aliphatic carbocycles. The van der Waals surface area contributed by atoms with Gasteiger partial charge in [-0.3, -0.25) is 4.98 Å². The lowest BCUT2D eigenvalue weighted by Gasteiger charge is -1.96. The van der Waals surface area contributed by atoms with Gasteiger partial charge in [-0.2, -0.15) is 0 Å². The van der Waals surface area contributed by atoms with Crippen molar-refractivity contribution in [2.75, 3.05) is 0 Å². The standard InChI is InChI=1S/C16H13NO2/c18-16(19)8-7-14-3-1-13(2-4-14)5-6-15-9-11-17-12-10-15/h1-12H,(H,18,19)/i8D. The van der Waals surface area contributed by atoms with Gasteiger partial charge in [0, 0.05) is 18.4 Å². The van der Waals surface area contributed by atoms with Crippen molar-refractivity contribution >= 4 is 24.2 Å². The second-order valence-electron chi connectivity index (χ2n) is 3.87. The predicted octanol–water partition coefficient (Wildman–Crippen LogP) is 3.35. The first-order valence-corrected chi connectivity index (χ1v) is 5.75. The Morgan fingerprint density at radius 1 is 0.947 bits per heavy atom. The van der Waals surface area contributed by atoms with Gasteiger partial charge in [0.15, 0.2) is 0 Å². The summed E-state index contributed by atoms with van der Waals surface area (Å²) in [6.45, 7) is 0. The number of aromatic nitrogens is 1. The van der Waals surface area contributed by atoms with Crippen molar-refractivity contribution in [3.63, 3.8) is 0 Å². The van der Waals surface area contributed by atoms with Crippen LogP contribution in [0.5, 0.6) is 0 Å². The Hall–Kier alpha value is -2.68. The molecule has 3 nitrogen and oxygen atoms in total. The highest BCUT2D eigenvalue weighted by atomic mass is 16.4. The summed E-state index contributed by atoms with van der Waals surface area (Å²) >= 11 is 0. The van der Waals surface area contributed by atoms with E-state index in [1.165, 1.54) is 6.08 Å². The zero-order chi connectivity index (χ0) is 14.4. The normalized spacial score (nSPS) is 12.4. The van der Waals surface area contributed by atoms with Gasteiger partial charge in [0.25, 0.3) is 0 Å². The van der Waals surface area contributed by atoms with Crippen molar-refractivity contribution in [3.8, 4) is 0 Å². The van der Waals surface area contributed by atoms with Crippen LogP contribution in [0.25, 0.3) is 18.2 Å². The molecule has 0 amide bonds.